The van der Waals surface area contributed by atoms with Crippen molar-refractivity contribution in [1.29, 1.82) is 0 Å². The summed E-state index contributed by atoms with van der Waals surface area (Å²) in [7, 11) is 0. The lowest BCUT2D eigenvalue weighted by Gasteiger charge is -2.36. The highest BCUT2D eigenvalue weighted by molar-refractivity contribution is 5.91. The fourth-order valence-electron chi connectivity index (χ4n) is 3.87. The van der Waals surface area contributed by atoms with Gasteiger partial charge in [0.25, 0.3) is 0 Å². The van der Waals surface area contributed by atoms with Crippen LogP contribution in [-0.2, 0) is 16.8 Å². The van der Waals surface area contributed by atoms with Crippen molar-refractivity contribution in [2.24, 2.45) is 0 Å². The Morgan fingerprint density at radius 3 is 2.61 bits per heavy atom. The van der Waals surface area contributed by atoms with E-state index in [1.807, 2.05) is 41.4 Å². The lowest BCUT2D eigenvalue weighted by Crippen LogP contribution is -2.51. The largest absolute Gasteiger partial charge is 0.461 e. The number of rotatable bonds is 5. The van der Waals surface area contributed by atoms with Crippen molar-refractivity contribution in [3.63, 3.8) is 0 Å². The molecule has 0 spiro atoms. The minimum absolute atomic E-state index is 0.171. The summed E-state index contributed by atoms with van der Waals surface area (Å²) < 4.78 is 10.8. The lowest BCUT2D eigenvalue weighted by molar-refractivity contribution is -0.136. The number of carbonyl (C=O) groups excluding carboxylic acids is 1. The second-order valence-electron chi connectivity index (χ2n) is 7.53. The van der Waals surface area contributed by atoms with Crippen molar-refractivity contribution in [3.05, 3.63) is 60.2 Å². The van der Waals surface area contributed by atoms with Gasteiger partial charge in [0.2, 0.25) is 11.7 Å². The topological polar surface area (TPSA) is 75.6 Å². The quantitative estimate of drug-likeness (QED) is 0.680. The first-order valence-electron chi connectivity index (χ1n) is 9.67. The van der Waals surface area contributed by atoms with Crippen molar-refractivity contribution in [3.8, 4) is 11.5 Å². The normalized spacial score (nSPS) is 18.9. The zero-order chi connectivity index (χ0) is 19.0. The summed E-state index contributed by atoms with van der Waals surface area (Å²) in [6.45, 7) is 4.00. The third-order valence-electron chi connectivity index (χ3n) is 5.70. The minimum atomic E-state index is -0.516. The maximum atomic E-state index is 13.2. The Bertz CT molecular complexity index is 939. The van der Waals surface area contributed by atoms with Crippen molar-refractivity contribution in [1.82, 2.24) is 19.9 Å². The molecule has 1 aliphatic heterocycles. The Labute approximate surface area is 162 Å². The fourth-order valence-corrected chi connectivity index (χ4v) is 3.87. The van der Waals surface area contributed by atoms with Crippen LogP contribution in [-0.4, -0.2) is 52.0 Å². The van der Waals surface area contributed by atoms with E-state index in [1.165, 1.54) is 0 Å². The molecule has 7 heteroatoms. The molecule has 0 bridgehead atoms. The van der Waals surface area contributed by atoms with Crippen LogP contribution in [0.4, 0.5) is 0 Å². The lowest BCUT2D eigenvalue weighted by atomic mass is 9.99. The molecule has 3 aromatic heterocycles. The Hall–Kier alpha value is -2.93. The molecule has 0 unspecified atom stereocenters. The molecule has 0 aromatic carbocycles. The summed E-state index contributed by atoms with van der Waals surface area (Å²) in [6, 6.07) is 11.5. The fraction of sp³-hybridized carbons (Fsp3) is 0.381. The number of hydrogen-bond donors (Lipinski definition) is 0. The van der Waals surface area contributed by atoms with E-state index < -0.39 is 5.41 Å². The van der Waals surface area contributed by atoms with E-state index in [1.54, 1.807) is 12.3 Å². The van der Waals surface area contributed by atoms with E-state index in [0.29, 0.717) is 11.5 Å². The number of hydrogen-bond acceptors (Lipinski definition) is 6. The zero-order valence-electron chi connectivity index (χ0n) is 15.6. The molecule has 1 aliphatic carbocycles. The molecule has 0 atom stereocenters. The van der Waals surface area contributed by atoms with Crippen molar-refractivity contribution < 1.29 is 13.7 Å². The smallest absolute Gasteiger partial charge is 0.235 e. The molecule has 28 heavy (non-hydrogen) atoms. The number of amides is 1. The maximum absolute atomic E-state index is 13.2. The van der Waals surface area contributed by atoms with Crippen LogP contribution < -0.4 is 0 Å². The van der Waals surface area contributed by atoms with E-state index in [0.717, 1.165) is 57.0 Å². The molecular weight excluding hydrogens is 356 g/mol. The highest BCUT2D eigenvalue weighted by atomic mass is 16.5. The number of piperazine rings is 1. The Kier molecular flexibility index (Phi) is 4.24. The van der Waals surface area contributed by atoms with Crippen LogP contribution in [0.2, 0.25) is 0 Å². The second-order valence-corrected chi connectivity index (χ2v) is 7.53. The van der Waals surface area contributed by atoms with Gasteiger partial charge in [0.05, 0.1) is 23.1 Å². The van der Waals surface area contributed by atoms with Gasteiger partial charge in [-0.1, -0.05) is 11.2 Å². The maximum Gasteiger partial charge on any atom is 0.235 e. The average Bonchev–Trinajstić information content (AvgIpc) is 3.14. The first-order chi connectivity index (χ1) is 13.7. The van der Waals surface area contributed by atoms with E-state index in [-0.39, 0.29) is 5.91 Å². The van der Waals surface area contributed by atoms with Crippen LogP contribution in [0, 0.1) is 0 Å². The van der Waals surface area contributed by atoms with Gasteiger partial charge in [-0.05, 0) is 37.1 Å². The highest BCUT2D eigenvalue weighted by Gasteiger charge is 2.55. The van der Waals surface area contributed by atoms with Gasteiger partial charge in [0, 0.05) is 45.0 Å². The Balaban J connectivity index is 1.23. The molecular formula is C21H22N4O3. The molecule has 0 N–H and O–H groups in total. The monoisotopic (exact) mass is 378 g/mol. The molecule has 2 fully saturated rings. The molecule has 5 rings (SSSR count). The highest BCUT2D eigenvalue weighted by Crippen LogP contribution is 2.50. The molecule has 1 saturated heterocycles. The summed E-state index contributed by atoms with van der Waals surface area (Å²) in [4.78, 5) is 21.9. The summed E-state index contributed by atoms with van der Waals surface area (Å²) in [5.74, 6) is 1.37. The van der Waals surface area contributed by atoms with E-state index >= 15 is 0 Å². The van der Waals surface area contributed by atoms with Crippen LogP contribution in [0.15, 0.2) is 57.8 Å². The number of pyridine rings is 1. The van der Waals surface area contributed by atoms with Gasteiger partial charge < -0.3 is 13.8 Å². The number of furan rings is 1. The van der Waals surface area contributed by atoms with Crippen molar-refractivity contribution in [2.75, 3.05) is 26.2 Å². The predicted octanol–water partition coefficient (Wildman–Crippen LogP) is 2.71. The van der Waals surface area contributed by atoms with Crippen molar-refractivity contribution in [2.45, 2.75) is 24.8 Å². The van der Waals surface area contributed by atoms with E-state index in [4.69, 9.17) is 8.94 Å². The summed E-state index contributed by atoms with van der Waals surface area (Å²) in [5.41, 5.74) is 1.27. The molecule has 1 amide bonds. The van der Waals surface area contributed by atoms with Gasteiger partial charge in [-0.2, -0.15) is 0 Å². The molecule has 7 nitrogen and oxygen atoms in total. The third kappa shape index (κ3) is 3.11. The Morgan fingerprint density at radius 1 is 1.07 bits per heavy atom. The summed E-state index contributed by atoms with van der Waals surface area (Å²) >= 11 is 0. The SMILES string of the molecule is O=C(N1CCN(Cc2ccccn2)CC1)C1(c2cc(-c3ccco3)on2)CC1. The second kappa shape index (κ2) is 6.91. The van der Waals surface area contributed by atoms with Crippen LogP contribution >= 0.6 is 0 Å². The Morgan fingerprint density at radius 2 is 1.93 bits per heavy atom. The molecule has 2 aliphatic rings. The van der Waals surface area contributed by atoms with Gasteiger partial charge in [0.1, 0.15) is 0 Å². The van der Waals surface area contributed by atoms with Crippen LogP contribution in [0.3, 0.4) is 0 Å². The third-order valence-corrected chi connectivity index (χ3v) is 5.70. The molecule has 1 saturated carbocycles. The van der Waals surface area contributed by atoms with Gasteiger partial charge in [-0.15, -0.1) is 0 Å². The standard InChI is InChI=1S/C21H22N4O3/c26-20(25-11-9-24(10-12-25)15-16-4-1-2-8-22-16)21(6-7-21)19-14-18(28-23-19)17-5-3-13-27-17/h1-5,8,13-14H,6-7,9-12,15H2. The van der Waals surface area contributed by atoms with Crippen LogP contribution in [0.25, 0.3) is 11.5 Å². The zero-order valence-corrected chi connectivity index (χ0v) is 15.6. The van der Waals surface area contributed by atoms with Gasteiger partial charge in [-0.3, -0.25) is 14.7 Å². The minimum Gasteiger partial charge on any atom is -0.461 e. The summed E-state index contributed by atoms with van der Waals surface area (Å²) in [6.07, 6.45) is 5.06. The molecule has 144 valence electrons. The number of carbonyl (C=O) groups is 1. The van der Waals surface area contributed by atoms with E-state index in [9.17, 15) is 4.79 Å². The molecule has 3 aromatic rings. The van der Waals surface area contributed by atoms with Gasteiger partial charge in [-0.25, -0.2) is 0 Å². The summed E-state index contributed by atoms with van der Waals surface area (Å²) in [5, 5.41) is 4.19. The molecule has 0 radical (unpaired) electrons. The number of aromatic nitrogens is 2. The first kappa shape index (κ1) is 17.2. The van der Waals surface area contributed by atoms with E-state index in [2.05, 4.69) is 15.0 Å². The van der Waals surface area contributed by atoms with Crippen LogP contribution in [0.5, 0.6) is 0 Å². The molecule has 4 heterocycles. The van der Waals surface area contributed by atoms with Gasteiger partial charge in [0.15, 0.2) is 5.76 Å². The first-order valence-corrected chi connectivity index (χ1v) is 9.67. The predicted molar refractivity (Wildman–Crippen MR) is 101 cm³/mol. The average molecular weight is 378 g/mol. The van der Waals surface area contributed by atoms with Crippen molar-refractivity contribution >= 4 is 5.91 Å². The van der Waals surface area contributed by atoms with Crippen LogP contribution in [0.1, 0.15) is 24.2 Å². The number of nitrogens with zero attached hydrogens (tertiary/aromatic N) is 4. The van der Waals surface area contributed by atoms with Gasteiger partial charge >= 0.3 is 0 Å².